The van der Waals surface area contributed by atoms with Gasteiger partial charge < -0.3 is 24.8 Å². The summed E-state index contributed by atoms with van der Waals surface area (Å²) in [5.74, 6) is 0.812. The van der Waals surface area contributed by atoms with E-state index < -0.39 is 0 Å². The first kappa shape index (κ1) is 21.1. The van der Waals surface area contributed by atoms with Gasteiger partial charge in [0.1, 0.15) is 0 Å². The van der Waals surface area contributed by atoms with Crippen LogP contribution in [-0.4, -0.2) is 66.2 Å². The summed E-state index contributed by atoms with van der Waals surface area (Å²) in [5, 5.41) is 6.62. The number of aliphatic imine (C=N–C) groups is 1. The van der Waals surface area contributed by atoms with Crippen molar-refractivity contribution in [3.05, 3.63) is 0 Å². The van der Waals surface area contributed by atoms with Crippen LogP contribution in [0.5, 0.6) is 0 Å². The molecule has 0 heterocycles. The minimum Gasteiger partial charge on any atom is -0.382 e. The van der Waals surface area contributed by atoms with Crippen LogP contribution in [0.3, 0.4) is 0 Å². The fraction of sp³-hybridized carbons (Fsp3) is 0.938. The zero-order valence-electron chi connectivity index (χ0n) is 15.2. The number of rotatable bonds is 11. The molecule has 1 atom stereocenters. The lowest BCUT2D eigenvalue weighted by molar-refractivity contribution is 0.0205. The van der Waals surface area contributed by atoms with E-state index >= 15 is 0 Å². The fourth-order valence-corrected chi connectivity index (χ4v) is 1.93. The van der Waals surface area contributed by atoms with Crippen molar-refractivity contribution >= 4 is 5.96 Å². The Morgan fingerprint density at radius 2 is 1.77 bits per heavy atom. The summed E-state index contributed by atoms with van der Waals surface area (Å²) < 4.78 is 15.9. The van der Waals surface area contributed by atoms with E-state index in [2.05, 4.69) is 36.4 Å². The van der Waals surface area contributed by atoms with Crippen LogP contribution in [0.4, 0.5) is 0 Å². The molecule has 6 nitrogen and oxygen atoms in total. The molecule has 0 bridgehead atoms. The molecule has 0 aliphatic heterocycles. The van der Waals surface area contributed by atoms with Crippen LogP contribution in [-0.2, 0) is 14.2 Å². The number of ether oxygens (including phenoxy) is 3. The van der Waals surface area contributed by atoms with Gasteiger partial charge in [0, 0.05) is 41.0 Å². The Bertz CT molecular complexity index is 291. The Hall–Kier alpha value is -0.850. The average Bonchev–Trinajstić information content (AvgIpc) is 2.47. The molecule has 22 heavy (non-hydrogen) atoms. The minimum atomic E-state index is 0.0974. The second-order valence-corrected chi connectivity index (χ2v) is 6.28. The maximum atomic E-state index is 5.53. The number of guanidine groups is 1. The molecule has 0 radical (unpaired) electrons. The summed E-state index contributed by atoms with van der Waals surface area (Å²) in [7, 11) is 5.21. The van der Waals surface area contributed by atoms with Crippen molar-refractivity contribution in [3.8, 4) is 0 Å². The van der Waals surface area contributed by atoms with Gasteiger partial charge in [-0.25, -0.2) is 0 Å². The molecule has 0 saturated carbocycles. The zero-order valence-corrected chi connectivity index (χ0v) is 15.2. The molecule has 2 N–H and O–H groups in total. The lowest BCUT2D eigenvalue weighted by Gasteiger charge is -2.30. The van der Waals surface area contributed by atoms with Gasteiger partial charge in [-0.1, -0.05) is 20.8 Å². The molecule has 0 saturated heterocycles. The topological polar surface area (TPSA) is 64.1 Å². The summed E-state index contributed by atoms with van der Waals surface area (Å²) in [6.07, 6.45) is 2.21. The van der Waals surface area contributed by atoms with Crippen LogP contribution < -0.4 is 10.6 Å². The predicted molar refractivity (Wildman–Crippen MR) is 91.5 cm³/mol. The lowest BCUT2D eigenvalue weighted by atomic mass is 9.89. The Morgan fingerprint density at radius 1 is 1.05 bits per heavy atom. The molecular weight excluding hydrogens is 282 g/mol. The molecule has 0 fully saturated rings. The van der Waals surface area contributed by atoms with Gasteiger partial charge in [-0.2, -0.15) is 0 Å². The summed E-state index contributed by atoms with van der Waals surface area (Å²) in [5.41, 5.74) is 0.0974. The molecule has 132 valence electrons. The summed E-state index contributed by atoms with van der Waals surface area (Å²) >= 11 is 0. The van der Waals surface area contributed by atoms with Crippen molar-refractivity contribution in [1.29, 1.82) is 0 Å². The van der Waals surface area contributed by atoms with Crippen molar-refractivity contribution in [1.82, 2.24) is 10.6 Å². The molecule has 0 aromatic carbocycles. The van der Waals surface area contributed by atoms with Crippen LogP contribution in [0.15, 0.2) is 4.99 Å². The third kappa shape index (κ3) is 10.8. The van der Waals surface area contributed by atoms with E-state index in [4.69, 9.17) is 14.2 Å². The highest BCUT2D eigenvalue weighted by atomic mass is 16.5. The second kappa shape index (κ2) is 12.7. The standard InChI is InChI=1S/C16H35N3O3/c1-16(2,3)14(21-6)13-19-15(17-4)18-9-7-8-10-22-12-11-20-5/h14H,7-13H2,1-6H3,(H2,17,18,19). The number of unbranched alkanes of at least 4 members (excludes halogenated alkanes) is 1. The third-order valence-electron chi connectivity index (χ3n) is 3.37. The maximum absolute atomic E-state index is 5.53. The molecule has 1 unspecified atom stereocenters. The minimum absolute atomic E-state index is 0.0974. The summed E-state index contributed by atoms with van der Waals surface area (Å²) in [4.78, 5) is 4.23. The largest absolute Gasteiger partial charge is 0.382 e. The second-order valence-electron chi connectivity index (χ2n) is 6.28. The van der Waals surface area contributed by atoms with Gasteiger partial charge in [-0.15, -0.1) is 0 Å². The molecule has 0 aliphatic rings. The third-order valence-corrected chi connectivity index (χ3v) is 3.37. The fourth-order valence-electron chi connectivity index (χ4n) is 1.93. The van der Waals surface area contributed by atoms with E-state index in [-0.39, 0.29) is 11.5 Å². The first-order chi connectivity index (χ1) is 10.5. The highest BCUT2D eigenvalue weighted by molar-refractivity contribution is 5.79. The van der Waals surface area contributed by atoms with E-state index in [1.165, 1.54) is 0 Å². The van der Waals surface area contributed by atoms with Gasteiger partial charge in [-0.05, 0) is 18.3 Å². The van der Waals surface area contributed by atoms with Gasteiger partial charge >= 0.3 is 0 Å². The van der Waals surface area contributed by atoms with Crippen LogP contribution in [0, 0.1) is 5.41 Å². The van der Waals surface area contributed by atoms with Crippen molar-refractivity contribution in [2.45, 2.75) is 39.7 Å². The maximum Gasteiger partial charge on any atom is 0.191 e. The number of nitrogens with zero attached hydrogens (tertiary/aromatic N) is 1. The molecule has 0 aliphatic carbocycles. The van der Waals surface area contributed by atoms with Crippen LogP contribution in [0.1, 0.15) is 33.6 Å². The van der Waals surface area contributed by atoms with Crippen LogP contribution in [0.2, 0.25) is 0 Å². The molecule has 0 spiro atoms. The molecular formula is C16H35N3O3. The number of hydrogen-bond donors (Lipinski definition) is 2. The number of hydrogen-bond acceptors (Lipinski definition) is 4. The van der Waals surface area contributed by atoms with Crippen LogP contribution >= 0.6 is 0 Å². The smallest absolute Gasteiger partial charge is 0.191 e. The Kier molecular flexibility index (Phi) is 12.2. The highest BCUT2D eigenvalue weighted by Gasteiger charge is 2.24. The molecule has 6 heteroatoms. The molecule has 0 aromatic rings. The van der Waals surface area contributed by atoms with Crippen LogP contribution in [0.25, 0.3) is 0 Å². The average molecular weight is 317 g/mol. The molecule has 0 rings (SSSR count). The Balaban J connectivity index is 3.76. The van der Waals surface area contributed by atoms with Gasteiger partial charge in [0.2, 0.25) is 0 Å². The van der Waals surface area contributed by atoms with E-state index in [1.807, 2.05) is 0 Å². The van der Waals surface area contributed by atoms with Crippen molar-refractivity contribution < 1.29 is 14.2 Å². The quantitative estimate of drug-likeness (QED) is 0.345. The van der Waals surface area contributed by atoms with Gasteiger partial charge in [-0.3, -0.25) is 4.99 Å². The normalized spacial score (nSPS) is 14.0. The van der Waals surface area contributed by atoms with E-state index in [1.54, 1.807) is 21.3 Å². The van der Waals surface area contributed by atoms with Gasteiger partial charge in [0.15, 0.2) is 5.96 Å². The van der Waals surface area contributed by atoms with Crippen molar-refractivity contribution in [2.75, 3.05) is 54.2 Å². The van der Waals surface area contributed by atoms with Gasteiger partial charge in [0.25, 0.3) is 0 Å². The lowest BCUT2D eigenvalue weighted by Crippen LogP contribution is -2.45. The molecule has 0 amide bonds. The zero-order chi connectivity index (χ0) is 16.8. The predicted octanol–water partition coefficient (Wildman–Crippen LogP) is 1.66. The van der Waals surface area contributed by atoms with Crippen molar-refractivity contribution in [2.24, 2.45) is 10.4 Å². The SMILES string of the molecule is CN=C(NCCCCOCCOC)NCC(OC)C(C)(C)C. The number of nitrogens with one attached hydrogen (secondary N) is 2. The Morgan fingerprint density at radius 3 is 2.32 bits per heavy atom. The first-order valence-corrected chi connectivity index (χ1v) is 7.99. The monoisotopic (exact) mass is 317 g/mol. The highest BCUT2D eigenvalue weighted by Crippen LogP contribution is 2.20. The molecule has 0 aromatic heterocycles. The van der Waals surface area contributed by atoms with E-state index in [0.717, 1.165) is 38.5 Å². The van der Waals surface area contributed by atoms with E-state index in [0.29, 0.717) is 13.2 Å². The summed E-state index contributed by atoms with van der Waals surface area (Å²) in [6.45, 7) is 10.2. The Labute approximate surface area is 136 Å². The number of methoxy groups -OCH3 is 2. The first-order valence-electron chi connectivity index (χ1n) is 7.99. The summed E-state index contributed by atoms with van der Waals surface area (Å²) in [6, 6.07) is 0. The van der Waals surface area contributed by atoms with E-state index in [9.17, 15) is 0 Å². The van der Waals surface area contributed by atoms with Crippen molar-refractivity contribution in [3.63, 3.8) is 0 Å². The van der Waals surface area contributed by atoms with Gasteiger partial charge in [0.05, 0.1) is 19.3 Å².